The summed E-state index contributed by atoms with van der Waals surface area (Å²) in [6.07, 6.45) is 0. The number of carbonyl (C=O) groups is 1. The quantitative estimate of drug-likeness (QED) is 0.906. The van der Waals surface area contributed by atoms with E-state index in [1.54, 1.807) is 17.0 Å². The Labute approximate surface area is 116 Å². The predicted octanol–water partition coefficient (Wildman–Crippen LogP) is 2.05. The first-order chi connectivity index (χ1) is 8.65. The molecule has 98 valence electrons. The van der Waals surface area contributed by atoms with Gasteiger partial charge in [-0.1, -0.05) is 23.2 Å². The normalized spacial score (nSPS) is 15.6. The molecule has 1 aromatic rings. The zero-order chi connectivity index (χ0) is 13.1. The van der Waals surface area contributed by atoms with Crippen LogP contribution >= 0.6 is 23.2 Å². The standard InChI is InChI=1S/C12H14Cl2N2O2/c1-18-9-3-2-8(10(13)11(9)14)12(17)16-6-4-15-5-7-16/h2-3,15H,4-7H2,1H3. The van der Waals surface area contributed by atoms with Crippen molar-refractivity contribution >= 4 is 29.1 Å². The van der Waals surface area contributed by atoms with Crippen LogP contribution < -0.4 is 10.1 Å². The lowest BCUT2D eigenvalue weighted by Gasteiger charge is -2.27. The van der Waals surface area contributed by atoms with Crippen molar-refractivity contribution in [2.24, 2.45) is 0 Å². The summed E-state index contributed by atoms with van der Waals surface area (Å²) in [5, 5.41) is 3.72. The summed E-state index contributed by atoms with van der Waals surface area (Å²) in [6, 6.07) is 3.31. The first-order valence-electron chi connectivity index (χ1n) is 5.67. The number of methoxy groups -OCH3 is 1. The van der Waals surface area contributed by atoms with E-state index in [2.05, 4.69) is 5.32 Å². The number of nitrogens with zero attached hydrogens (tertiary/aromatic N) is 1. The summed E-state index contributed by atoms with van der Waals surface area (Å²) in [7, 11) is 1.51. The van der Waals surface area contributed by atoms with Crippen molar-refractivity contribution in [3.05, 3.63) is 27.7 Å². The van der Waals surface area contributed by atoms with Gasteiger partial charge in [0, 0.05) is 26.2 Å². The van der Waals surface area contributed by atoms with E-state index in [0.29, 0.717) is 24.4 Å². The maximum atomic E-state index is 12.3. The molecular weight excluding hydrogens is 275 g/mol. The third kappa shape index (κ3) is 2.55. The Morgan fingerprint density at radius 2 is 1.94 bits per heavy atom. The molecule has 0 bridgehead atoms. The molecule has 18 heavy (non-hydrogen) atoms. The summed E-state index contributed by atoms with van der Waals surface area (Å²) in [5.41, 5.74) is 0.421. The predicted molar refractivity (Wildman–Crippen MR) is 71.8 cm³/mol. The first kappa shape index (κ1) is 13.5. The van der Waals surface area contributed by atoms with Crippen molar-refractivity contribution in [1.29, 1.82) is 0 Å². The number of rotatable bonds is 2. The van der Waals surface area contributed by atoms with Crippen LogP contribution in [0.3, 0.4) is 0 Å². The average molecular weight is 289 g/mol. The lowest BCUT2D eigenvalue weighted by atomic mass is 10.1. The monoisotopic (exact) mass is 288 g/mol. The molecule has 2 rings (SSSR count). The van der Waals surface area contributed by atoms with Crippen LogP contribution in [0.2, 0.25) is 10.0 Å². The summed E-state index contributed by atoms with van der Waals surface area (Å²) in [5.74, 6) is 0.379. The zero-order valence-electron chi connectivity index (χ0n) is 10.0. The highest BCUT2D eigenvalue weighted by molar-refractivity contribution is 6.44. The second kappa shape index (κ2) is 5.78. The number of piperazine rings is 1. The van der Waals surface area contributed by atoms with Gasteiger partial charge in [0.05, 0.1) is 17.7 Å². The highest BCUT2D eigenvalue weighted by Gasteiger charge is 2.22. The fourth-order valence-electron chi connectivity index (χ4n) is 1.89. The third-order valence-electron chi connectivity index (χ3n) is 2.90. The van der Waals surface area contributed by atoms with Crippen LogP contribution in [0.4, 0.5) is 0 Å². The number of hydrogen-bond donors (Lipinski definition) is 1. The number of amides is 1. The van der Waals surface area contributed by atoms with Crippen LogP contribution in [0.25, 0.3) is 0 Å². The van der Waals surface area contributed by atoms with Gasteiger partial charge in [-0.3, -0.25) is 4.79 Å². The lowest BCUT2D eigenvalue weighted by molar-refractivity contribution is 0.0736. The minimum atomic E-state index is -0.0916. The van der Waals surface area contributed by atoms with E-state index >= 15 is 0 Å². The van der Waals surface area contributed by atoms with Crippen molar-refractivity contribution in [3.63, 3.8) is 0 Å². The minimum Gasteiger partial charge on any atom is -0.495 e. The number of benzene rings is 1. The zero-order valence-corrected chi connectivity index (χ0v) is 11.5. The highest BCUT2D eigenvalue weighted by Crippen LogP contribution is 2.34. The maximum absolute atomic E-state index is 12.3. The largest absolute Gasteiger partial charge is 0.495 e. The van der Waals surface area contributed by atoms with E-state index < -0.39 is 0 Å². The van der Waals surface area contributed by atoms with Gasteiger partial charge in [-0.25, -0.2) is 0 Å². The van der Waals surface area contributed by atoms with Crippen LogP contribution in [-0.2, 0) is 0 Å². The molecule has 0 aliphatic carbocycles. The Hall–Kier alpha value is -0.970. The molecule has 1 N–H and O–H groups in total. The van der Waals surface area contributed by atoms with E-state index in [9.17, 15) is 4.79 Å². The topological polar surface area (TPSA) is 41.6 Å². The molecule has 6 heteroatoms. The lowest BCUT2D eigenvalue weighted by Crippen LogP contribution is -2.46. The number of halogens is 2. The van der Waals surface area contributed by atoms with Gasteiger partial charge in [0.25, 0.3) is 5.91 Å². The molecule has 0 atom stereocenters. The Kier molecular flexibility index (Phi) is 4.32. The van der Waals surface area contributed by atoms with Crippen molar-refractivity contribution in [2.75, 3.05) is 33.3 Å². The molecule has 0 spiro atoms. The highest BCUT2D eigenvalue weighted by atomic mass is 35.5. The molecule has 0 aromatic heterocycles. The van der Waals surface area contributed by atoms with E-state index in [-0.39, 0.29) is 16.0 Å². The molecule has 0 unspecified atom stereocenters. The Morgan fingerprint density at radius 3 is 2.56 bits per heavy atom. The van der Waals surface area contributed by atoms with Gasteiger partial charge >= 0.3 is 0 Å². The Balaban J connectivity index is 2.27. The minimum absolute atomic E-state index is 0.0916. The second-order valence-corrected chi connectivity index (χ2v) is 4.74. The SMILES string of the molecule is COc1ccc(C(=O)N2CCNCC2)c(Cl)c1Cl. The molecular formula is C12H14Cl2N2O2. The molecule has 1 aliphatic heterocycles. The number of nitrogens with one attached hydrogen (secondary N) is 1. The molecule has 1 aromatic carbocycles. The van der Waals surface area contributed by atoms with E-state index in [1.807, 2.05) is 0 Å². The summed E-state index contributed by atoms with van der Waals surface area (Å²) < 4.78 is 5.05. The van der Waals surface area contributed by atoms with Crippen LogP contribution in [0.5, 0.6) is 5.75 Å². The molecule has 1 amide bonds. The molecule has 1 heterocycles. The molecule has 0 radical (unpaired) electrons. The van der Waals surface area contributed by atoms with E-state index in [0.717, 1.165) is 13.1 Å². The fraction of sp³-hybridized carbons (Fsp3) is 0.417. The summed E-state index contributed by atoms with van der Waals surface area (Å²) >= 11 is 12.2. The van der Waals surface area contributed by atoms with Crippen molar-refractivity contribution < 1.29 is 9.53 Å². The van der Waals surface area contributed by atoms with Crippen LogP contribution in [0.1, 0.15) is 10.4 Å². The fourth-order valence-corrected chi connectivity index (χ4v) is 2.37. The van der Waals surface area contributed by atoms with Crippen LogP contribution in [0, 0.1) is 0 Å². The summed E-state index contributed by atoms with van der Waals surface area (Å²) in [6.45, 7) is 2.96. The van der Waals surface area contributed by atoms with Gasteiger partial charge in [0.1, 0.15) is 10.8 Å². The smallest absolute Gasteiger partial charge is 0.255 e. The van der Waals surface area contributed by atoms with Gasteiger partial charge in [0.15, 0.2) is 0 Å². The van der Waals surface area contributed by atoms with Crippen molar-refractivity contribution in [3.8, 4) is 5.75 Å². The van der Waals surface area contributed by atoms with E-state index in [4.69, 9.17) is 27.9 Å². The average Bonchev–Trinajstić information content (AvgIpc) is 2.42. The molecule has 0 saturated carbocycles. The number of hydrogen-bond acceptors (Lipinski definition) is 3. The van der Waals surface area contributed by atoms with Crippen molar-refractivity contribution in [2.45, 2.75) is 0 Å². The number of carbonyl (C=O) groups excluding carboxylic acids is 1. The van der Waals surface area contributed by atoms with Gasteiger partial charge in [-0.05, 0) is 12.1 Å². The maximum Gasteiger partial charge on any atom is 0.255 e. The Morgan fingerprint density at radius 1 is 1.28 bits per heavy atom. The first-order valence-corrected chi connectivity index (χ1v) is 6.42. The van der Waals surface area contributed by atoms with Gasteiger partial charge in [-0.2, -0.15) is 0 Å². The molecule has 1 saturated heterocycles. The molecule has 1 fully saturated rings. The van der Waals surface area contributed by atoms with Gasteiger partial charge in [0.2, 0.25) is 0 Å². The van der Waals surface area contributed by atoms with Gasteiger partial charge in [-0.15, -0.1) is 0 Å². The Bertz CT molecular complexity index is 460. The van der Waals surface area contributed by atoms with Gasteiger partial charge < -0.3 is 15.0 Å². The molecule has 4 nitrogen and oxygen atoms in total. The third-order valence-corrected chi connectivity index (χ3v) is 3.77. The summed E-state index contributed by atoms with van der Waals surface area (Å²) in [4.78, 5) is 14.1. The van der Waals surface area contributed by atoms with Crippen LogP contribution in [-0.4, -0.2) is 44.1 Å². The van der Waals surface area contributed by atoms with Crippen molar-refractivity contribution in [1.82, 2.24) is 10.2 Å². The van der Waals surface area contributed by atoms with E-state index in [1.165, 1.54) is 7.11 Å². The second-order valence-electron chi connectivity index (χ2n) is 3.99. The number of ether oxygens (including phenoxy) is 1. The van der Waals surface area contributed by atoms with Crippen LogP contribution in [0.15, 0.2) is 12.1 Å². The molecule has 1 aliphatic rings.